The van der Waals surface area contributed by atoms with Crippen LogP contribution in [0, 0.1) is 0 Å². The molecule has 1 aromatic rings. The predicted octanol–water partition coefficient (Wildman–Crippen LogP) is 0.884. The highest BCUT2D eigenvalue weighted by atomic mass is 32.2. The van der Waals surface area contributed by atoms with Crippen molar-refractivity contribution in [3.63, 3.8) is 0 Å². The molecule has 7 heteroatoms. The van der Waals surface area contributed by atoms with Crippen molar-refractivity contribution in [2.45, 2.75) is 37.7 Å². The van der Waals surface area contributed by atoms with Crippen LogP contribution in [0.4, 0.5) is 0 Å². The smallest absolute Gasteiger partial charge is 0.235 e. The Morgan fingerprint density at radius 3 is 2.76 bits per heavy atom. The summed E-state index contributed by atoms with van der Waals surface area (Å²) in [7, 11) is -3.54. The van der Waals surface area contributed by atoms with Gasteiger partial charge in [-0.15, -0.1) is 11.3 Å². The maximum Gasteiger partial charge on any atom is 0.235 e. The number of hydrogen-bond acceptors (Lipinski definition) is 5. The van der Waals surface area contributed by atoms with E-state index >= 15 is 0 Å². The summed E-state index contributed by atoms with van der Waals surface area (Å²) in [6.45, 7) is 3.34. The van der Waals surface area contributed by atoms with Gasteiger partial charge in [-0.25, -0.2) is 13.4 Å². The first-order valence-electron chi connectivity index (χ1n) is 5.31. The molecule has 1 rings (SSSR count). The molecule has 17 heavy (non-hydrogen) atoms. The molecule has 0 unspecified atom stereocenters. The van der Waals surface area contributed by atoms with E-state index in [4.69, 9.17) is 5.73 Å². The summed E-state index contributed by atoms with van der Waals surface area (Å²) in [6.07, 6.45) is 1.81. The standard InChI is InChI=1S/C10H16N2O3S2/c1-3-4-9-12-8(5-16-9)6-17(14,15)7(2)10(11)13/h5,7H,3-4,6H2,1-2H3,(H2,11,13)/t7-/m0/s1. The zero-order chi connectivity index (χ0) is 13.1. The van der Waals surface area contributed by atoms with Crippen molar-refractivity contribution in [1.82, 2.24) is 4.98 Å². The summed E-state index contributed by atoms with van der Waals surface area (Å²) >= 11 is 1.44. The largest absolute Gasteiger partial charge is 0.369 e. The molecule has 1 amide bonds. The first kappa shape index (κ1) is 14.1. The topological polar surface area (TPSA) is 90.1 Å². The highest BCUT2D eigenvalue weighted by Crippen LogP contribution is 2.16. The van der Waals surface area contributed by atoms with Gasteiger partial charge in [-0.05, 0) is 19.8 Å². The lowest BCUT2D eigenvalue weighted by Gasteiger charge is -2.07. The van der Waals surface area contributed by atoms with E-state index in [9.17, 15) is 13.2 Å². The van der Waals surface area contributed by atoms with Crippen LogP contribution in [-0.2, 0) is 26.8 Å². The number of primary amides is 1. The second kappa shape index (κ2) is 5.59. The van der Waals surface area contributed by atoms with Gasteiger partial charge < -0.3 is 5.73 Å². The van der Waals surface area contributed by atoms with Crippen LogP contribution in [0.1, 0.15) is 31.0 Å². The van der Waals surface area contributed by atoms with Crippen molar-refractivity contribution >= 4 is 27.1 Å². The van der Waals surface area contributed by atoms with E-state index in [1.54, 1.807) is 5.38 Å². The molecule has 0 aliphatic heterocycles. The van der Waals surface area contributed by atoms with Crippen molar-refractivity contribution in [3.8, 4) is 0 Å². The first-order chi connectivity index (χ1) is 7.86. The lowest BCUT2D eigenvalue weighted by atomic mass is 10.3. The molecule has 96 valence electrons. The number of amides is 1. The monoisotopic (exact) mass is 276 g/mol. The zero-order valence-corrected chi connectivity index (χ0v) is 11.5. The molecule has 0 bridgehead atoms. The number of carbonyl (C=O) groups is 1. The van der Waals surface area contributed by atoms with Gasteiger partial charge in [0.1, 0.15) is 5.25 Å². The molecular weight excluding hydrogens is 260 g/mol. The quantitative estimate of drug-likeness (QED) is 0.835. The number of nitrogens with two attached hydrogens (primary N) is 1. The van der Waals surface area contributed by atoms with Crippen LogP contribution in [0.2, 0.25) is 0 Å². The molecule has 5 nitrogen and oxygen atoms in total. The van der Waals surface area contributed by atoms with E-state index in [1.807, 2.05) is 6.92 Å². The Morgan fingerprint density at radius 1 is 1.59 bits per heavy atom. The van der Waals surface area contributed by atoms with E-state index in [0.29, 0.717) is 5.69 Å². The van der Waals surface area contributed by atoms with Crippen molar-refractivity contribution < 1.29 is 13.2 Å². The molecule has 0 saturated heterocycles. The minimum atomic E-state index is -3.54. The molecule has 0 aliphatic carbocycles. The van der Waals surface area contributed by atoms with Crippen LogP contribution in [0.25, 0.3) is 0 Å². The van der Waals surface area contributed by atoms with Crippen LogP contribution in [0.15, 0.2) is 5.38 Å². The fraction of sp³-hybridized carbons (Fsp3) is 0.600. The summed E-state index contributed by atoms with van der Waals surface area (Å²) in [4.78, 5) is 15.1. The van der Waals surface area contributed by atoms with Crippen molar-refractivity contribution in [2.24, 2.45) is 5.73 Å². The van der Waals surface area contributed by atoms with Gasteiger partial charge in [-0.2, -0.15) is 0 Å². The number of sulfone groups is 1. The number of nitrogens with zero attached hydrogens (tertiary/aromatic N) is 1. The molecule has 2 N–H and O–H groups in total. The van der Waals surface area contributed by atoms with Gasteiger partial charge >= 0.3 is 0 Å². The summed E-state index contributed by atoms with van der Waals surface area (Å²) < 4.78 is 23.5. The van der Waals surface area contributed by atoms with Gasteiger partial charge in [0.25, 0.3) is 0 Å². The van der Waals surface area contributed by atoms with E-state index in [2.05, 4.69) is 4.98 Å². The average molecular weight is 276 g/mol. The fourth-order valence-corrected chi connectivity index (χ4v) is 3.42. The molecule has 0 radical (unpaired) electrons. The van der Waals surface area contributed by atoms with Crippen LogP contribution in [0.5, 0.6) is 0 Å². The third-order valence-corrected chi connectivity index (χ3v) is 5.32. The van der Waals surface area contributed by atoms with Crippen molar-refractivity contribution in [3.05, 3.63) is 16.1 Å². The predicted molar refractivity (Wildman–Crippen MR) is 67.4 cm³/mol. The molecule has 0 aromatic carbocycles. The Bertz CT molecular complexity index is 493. The fourth-order valence-electron chi connectivity index (χ4n) is 1.25. The number of thiazole rings is 1. The Hall–Kier alpha value is -0.950. The maximum absolute atomic E-state index is 11.8. The third-order valence-electron chi connectivity index (χ3n) is 2.35. The van der Waals surface area contributed by atoms with Crippen LogP contribution in [0.3, 0.4) is 0 Å². The lowest BCUT2D eigenvalue weighted by molar-refractivity contribution is -0.117. The van der Waals surface area contributed by atoms with Crippen molar-refractivity contribution in [2.75, 3.05) is 0 Å². The van der Waals surface area contributed by atoms with E-state index in [-0.39, 0.29) is 5.75 Å². The maximum atomic E-state index is 11.8. The molecule has 1 atom stereocenters. The average Bonchev–Trinajstić information content (AvgIpc) is 2.64. The van der Waals surface area contributed by atoms with Gasteiger partial charge in [-0.3, -0.25) is 4.79 Å². The van der Waals surface area contributed by atoms with Gasteiger partial charge in [-0.1, -0.05) is 6.92 Å². The molecule has 0 aliphatic rings. The number of aromatic nitrogens is 1. The Labute approximate surface area is 105 Å². The summed E-state index contributed by atoms with van der Waals surface area (Å²) in [6, 6.07) is 0. The van der Waals surface area contributed by atoms with Gasteiger partial charge in [0.05, 0.1) is 16.5 Å². The molecule has 0 spiro atoms. The van der Waals surface area contributed by atoms with Crippen LogP contribution >= 0.6 is 11.3 Å². The second-order valence-corrected chi connectivity index (χ2v) is 7.10. The Balaban J connectivity index is 2.79. The van der Waals surface area contributed by atoms with Crippen LogP contribution < -0.4 is 5.73 Å². The highest BCUT2D eigenvalue weighted by Gasteiger charge is 2.26. The molecule has 1 heterocycles. The zero-order valence-electron chi connectivity index (χ0n) is 9.84. The normalized spacial score (nSPS) is 13.5. The number of hydrogen-bond donors (Lipinski definition) is 1. The number of rotatable bonds is 6. The van der Waals surface area contributed by atoms with E-state index < -0.39 is 21.0 Å². The minimum absolute atomic E-state index is 0.225. The van der Waals surface area contributed by atoms with Gasteiger partial charge in [0, 0.05) is 5.38 Å². The second-order valence-electron chi connectivity index (χ2n) is 3.83. The van der Waals surface area contributed by atoms with Gasteiger partial charge in [0.15, 0.2) is 9.84 Å². The summed E-state index contributed by atoms with van der Waals surface area (Å²) in [5.74, 6) is -1.05. The summed E-state index contributed by atoms with van der Waals surface area (Å²) in [5.41, 5.74) is 5.48. The Kier molecular flexibility index (Phi) is 4.64. The molecule has 0 saturated carbocycles. The Morgan fingerprint density at radius 2 is 2.24 bits per heavy atom. The number of aryl methyl sites for hydroxylation is 1. The SMILES string of the molecule is CCCc1nc(CS(=O)(=O)[C@@H](C)C(N)=O)cs1. The third kappa shape index (κ3) is 3.78. The van der Waals surface area contributed by atoms with Crippen molar-refractivity contribution in [1.29, 1.82) is 0 Å². The molecule has 1 aromatic heterocycles. The highest BCUT2D eigenvalue weighted by molar-refractivity contribution is 7.92. The number of carbonyl (C=O) groups excluding carboxylic acids is 1. The summed E-state index contributed by atoms with van der Waals surface area (Å²) in [5, 5.41) is 1.47. The van der Waals surface area contributed by atoms with Gasteiger partial charge in [0.2, 0.25) is 5.91 Å². The minimum Gasteiger partial charge on any atom is -0.369 e. The van der Waals surface area contributed by atoms with E-state index in [0.717, 1.165) is 17.8 Å². The van der Waals surface area contributed by atoms with Crippen LogP contribution in [-0.4, -0.2) is 24.6 Å². The molecule has 0 fully saturated rings. The lowest BCUT2D eigenvalue weighted by Crippen LogP contribution is -2.34. The van der Waals surface area contributed by atoms with E-state index in [1.165, 1.54) is 18.3 Å². The molecular formula is C10H16N2O3S2. The first-order valence-corrected chi connectivity index (χ1v) is 7.90.